The van der Waals surface area contributed by atoms with Crippen LogP contribution in [0.3, 0.4) is 0 Å². The van der Waals surface area contributed by atoms with E-state index in [0.717, 1.165) is 98.1 Å². The molecule has 0 spiro atoms. The van der Waals surface area contributed by atoms with E-state index in [4.69, 9.17) is 48.4 Å². The van der Waals surface area contributed by atoms with E-state index in [9.17, 15) is 46.5 Å². The average molecular weight is 1910 g/mol. The fraction of sp³-hybridized carbons (Fsp3) is 0.824. The molecule has 14 fully saturated rings. The number of hydrogen-bond acceptors (Lipinski definition) is 21. The molecule has 16 bridgehead atoms. The summed E-state index contributed by atoms with van der Waals surface area (Å²) < 4.78 is 82.8. The highest BCUT2D eigenvalue weighted by atomic mass is 31.1. The van der Waals surface area contributed by atoms with Gasteiger partial charge in [-0.25, -0.2) is 14.8 Å². The number of ether oxygens (including phenoxy) is 8. The summed E-state index contributed by atoms with van der Waals surface area (Å²) in [6, 6.07) is 0. The van der Waals surface area contributed by atoms with Crippen LogP contribution in [0, 0.1) is 126 Å². The van der Waals surface area contributed by atoms with E-state index >= 15 is 0 Å². The molecular formula is C108H180BF3O21P+. The van der Waals surface area contributed by atoms with E-state index in [2.05, 4.69) is 181 Å². The Kier molecular flexibility index (Phi) is 44.3. The fourth-order valence-corrected chi connectivity index (χ4v) is 26.0. The Morgan fingerprint density at radius 2 is 1.01 bits per heavy atom. The Bertz CT molecular complexity index is 4050. The molecule has 17 aliphatic carbocycles. The second kappa shape index (κ2) is 50.7. The fourth-order valence-electron chi connectivity index (χ4n) is 26.0. The van der Waals surface area contributed by atoms with E-state index in [0.29, 0.717) is 102 Å². The predicted molar refractivity (Wildman–Crippen MR) is 522 cm³/mol. The van der Waals surface area contributed by atoms with Gasteiger partial charge in [0.2, 0.25) is 0 Å². The summed E-state index contributed by atoms with van der Waals surface area (Å²) in [4.78, 5) is 86.8. The predicted octanol–water partition coefficient (Wildman–Crippen LogP) is 28.0. The van der Waals surface area contributed by atoms with Gasteiger partial charge in [0.1, 0.15) is 29.5 Å². The van der Waals surface area contributed by atoms with E-state index in [-0.39, 0.29) is 45.0 Å². The van der Waals surface area contributed by atoms with Crippen LogP contribution < -0.4 is 4.89 Å². The number of Topliss-reactive ketones (excluding diaryl/α,β-unsaturated/α-hetero) is 1. The largest absolute Gasteiger partial charge is 1.00 e. The maximum absolute atomic E-state index is 11.5. The first kappa shape index (κ1) is 117. The maximum Gasteiger partial charge on any atom is 1.00 e. The van der Waals surface area contributed by atoms with Crippen LogP contribution in [0.25, 0.3) is 0 Å². The van der Waals surface area contributed by atoms with Crippen LogP contribution in [-0.2, 0) is 80.8 Å². The molecule has 18 rings (SSSR count). The van der Waals surface area contributed by atoms with Crippen LogP contribution in [0.15, 0.2) is 71.8 Å². The molecule has 1 heterocycles. The van der Waals surface area contributed by atoms with Crippen molar-refractivity contribution in [3.63, 3.8) is 0 Å². The van der Waals surface area contributed by atoms with Gasteiger partial charge >= 0.3 is 53.2 Å². The Morgan fingerprint density at radius 3 is 1.49 bits per heavy atom. The molecular weight excluding hydrogens is 1730 g/mol. The molecule has 766 valence electrons. The monoisotopic (exact) mass is 1910 g/mol. The van der Waals surface area contributed by atoms with Crippen molar-refractivity contribution in [1.82, 2.24) is 0 Å². The first-order valence-electron chi connectivity index (χ1n) is 50.7. The first-order chi connectivity index (χ1) is 62.2. The molecule has 26 heteroatoms. The van der Waals surface area contributed by atoms with E-state index in [1.54, 1.807) is 11.1 Å². The van der Waals surface area contributed by atoms with Crippen LogP contribution in [0.1, 0.15) is 394 Å². The average Bonchev–Trinajstić information content (AvgIpc) is 1.54. The van der Waals surface area contributed by atoms with Gasteiger partial charge < -0.3 is 47.7 Å². The lowest BCUT2D eigenvalue weighted by atomic mass is 9.71. The zero-order chi connectivity index (χ0) is 101. The Morgan fingerprint density at radius 1 is 0.560 bits per heavy atom. The van der Waals surface area contributed by atoms with Crippen molar-refractivity contribution in [2.45, 2.75) is 428 Å². The standard InChI is InChI=1S/C13H22O.C12H20O3.C12H20O2.2C12H18O2.2C10H16O.2C10H16.C5H10O2.C2H4O3.BF3.HO4P.H2/c1-4-7-14-12-9-13(3)6-5-11(8-13)10(12)2;1-8-9-4-5-12(2,6-9)7-10(8)15-11(13)14-3;3*1-8-10-4-5-12(3,6-10)7-11(8)14-9(2)13;1-9-4-3-7(5-9)10(2)8(6-9)11-10;1-7-8-3-4-10(2,5-8)6-9(7)11;1-8-3-5-10(2)6-4-9(8)7-10;1-4-10(3)7-5-9(2)6-8-10;1-4(2)7-5(3)6;1-2(3)5-4;2-1(3)4;1-4-5(2)3;/h4,10-12H,1,5-9H2,2-3H3;8-10H,4-7H2,1-3H3;8,10-11H,4-7H2,1-3H3;10H,4-7H2,1-3H3;7-8,10H,4-6H2,1-3H3;2*7-8H,3-6H2,1-2H3;3,9H,4-7H2,1-2H3;4-5H,1,6-8H2,2-3H3;4H,1-3H3;4H,1H3;;1H;1H/p+1. The summed E-state index contributed by atoms with van der Waals surface area (Å²) in [6.45, 7) is 60.0. The van der Waals surface area contributed by atoms with Gasteiger partial charge in [-0.3, -0.25) is 36.9 Å². The molecule has 2 N–H and O–H groups in total. The zero-order valence-corrected chi connectivity index (χ0v) is 88.1. The molecule has 28 atom stereocenters. The van der Waals surface area contributed by atoms with E-state index < -0.39 is 27.9 Å². The molecule has 0 radical (unpaired) electrons. The third-order valence-electron chi connectivity index (χ3n) is 34.8. The van der Waals surface area contributed by atoms with Crippen molar-refractivity contribution >= 4 is 57.6 Å². The number of esters is 4. The number of carbonyl (C=O) groups excluding carboxylic acids is 7. The van der Waals surface area contributed by atoms with Crippen molar-refractivity contribution in [2.24, 2.45) is 126 Å². The van der Waals surface area contributed by atoms with Crippen LogP contribution in [0.2, 0.25) is 0 Å². The van der Waals surface area contributed by atoms with Gasteiger partial charge in [0, 0.05) is 65.4 Å². The van der Waals surface area contributed by atoms with Gasteiger partial charge in [-0.2, -0.15) is 5.26 Å². The number of fused-ring (bicyclic) bond motifs is 18. The van der Waals surface area contributed by atoms with Crippen molar-refractivity contribution < 1.29 is 117 Å². The molecule has 13 saturated carbocycles. The zero-order valence-electron chi connectivity index (χ0n) is 88.3. The summed E-state index contributed by atoms with van der Waals surface area (Å²) in [5, 5.41) is 14.3. The second-order valence-corrected chi connectivity index (χ2v) is 48.2. The molecule has 0 aromatic rings. The molecule has 28 unspecified atom stereocenters. The lowest BCUT2D eigenvalue weighted by Crippen LogP contribution is -2.37. The second-order valence-electron chi connectivity index (χ2n) is 47.6. The quantitative estimate of drug-likeness (QED) is 0.0300. The lowest BCUT2D eigenvalue weighted by molar-refractivity contribution is -0.244. The molecule has 1 aliphatic heterocycles. The minimum absolute atomic E-state index is 0. The van der Waals surface area contributed by atoms with Crippen molar-refractivity contribution in [1.29, 1.82) is 0 Å². The number of rotatable bonds is 10. The summed E-state index contributed by atoms with van der Waals surface area (Å²) in [6.07, 6.45) is 55.6. The molecule has 18 aliphatic rings. The van der Waals surface area contributed by atoms with Gasteiger partial charge in [-0.15, -0.1) is 13.2 Å². The van der Waals surface area contributed by atoms with Crippen molar-refractivity contribution in [2.75, 3.05) is 13.7 Å². The third-order valence-corrected chi connectivity index (χ3v) is 34.9. The number of methoxy groups -OCH3 is 1. The highest BCUT2D eigenvalue weighted by molar-refractivity contribution is 7.30. The summed E-state index contributed by atoms with van der Waals surface area (Å²) in [7, 11) is -5.34. The molecule has 134 heavy (non-hydrogen) atoms. The smallest absolute Gasteiger partial charge is 0.565 e. The maximum atomic E-state index is 11.5. The van der Waals surface area contributed by atoms with E-state index in [1.165, 1.54) is 233 Å². The van der Waals surface area contributed by atoms with Crippen molar-refractivity contribution in [3.05, 3.63) is 71.8 Å². The molecule has 0 aromatic carbocycles. The number of hydrogen-bond donors (Lipinski definition) is 2. The normalized spacial score (nSPS) is 39.4. The highest BCUT2D eigenvalue weighted by Crippen LogP contribution is 2.65. The van der Waals surface area contributed by atoms with Gasteiger partial charge in [-0.1, -0.05) is 132 Å². The number of allylic oxidation sites excluding steroid dienone is 9. The van der Waals surface area contributed by atoms with Crippen molar-refractivity contribution in [3.8, 4) is 0 Å². The highest BCUT2D eigenvalue weighted by Gasteiger charge is 2.66. The van der Waals surface area contributed by atoms with Crippen LogP contribution >= 0.6 is 8.25 Å². The van der Waals surface area contributed by atoms with Gasteiger partial charge in [-0.05, 0) is 377 Å². The number of halogens is 3. The minimum atomic E-state index is -3.67. The molecule has 0 aromatic heterocycles. The SMILES string of the molecule is C=CC1(C)CC=C(C)CC1.C=CCOC1CC2(C)CCC(C2)C1C.CC(=O)OC(C)C.CC(=O)OC1=C(C)C2CCC(C)(C1)C2.CC(=O)OC1=CC2(C)CCC(C2)C1C.CC(=O)OC1CC2(C)CCC(C2)C1C.CC(=O)OO.CC12CCC(C1)C1(C)OC1C2.CC1=CCC2(C)CCC1C2.CC1C(=O)CC2(C)CCC1C2.COC(=O)OC1CC2(C)CCC(C2)C1C.FB(F)F.O=[P+]([O-])OO.[H+].[HH]. The van der Waals surface area contributed by atoms with E-state index in [1.807, 2.05) is 19.9 Å². The van der Waals surface area contributed by atoms with Gasteiger partial charge in [0.05, 0.1) is 37.6 Å². The number of carbonyl (C=O) groups is 7. The molecule has 1 saturated heterocycles. The van der Waals surface area contributed by atoms with Gasteiger partial charge in [0.15, 0.2) is 0 Å². The Balaban J connectivity index is 0.000000312. The Hall–Kier alpha value is -5.56. The number of ketones is 1. The van der Waals surface area contributed by atoms with Crippen LogP contribution in [0.4, 0.5) is 17.7 Å². The van der Waals surface area contributed by atoms with Crippen LogP contribution in [-0.4, -0.2) is 110 Å². The van der Waals surface area contributed by atoms with Gasteiger partial charge in [0.25, 0.3) is 0 Å². The third kappa shape index (κ3) is 35.9. The van der Waals surface area contributed by atoms with Crippen LogP contribution in [0.5, 0.6) is 0 Å². The summed E-state index contributed by atoms with van der Waals surface area (Å²) in [5.41, 5.74) is 9.12. The molecule has 0 amide bonds. The number of epoxide rings is 1. The summed E-state index contributed by atoms with van der Waals surface area (Å²) in [5.74, 6) is 10.0. The summed E-state index contributed by atoms with van der Waals surface area (Å²) >= 11 is 0. The minimum Gasteiger partial charge on any atom is -0.565 e. The first-order valence-corrected chi connectivity index (χ1v) is 51.7. The molecule has 21 nitrogen and oxygen atoms in total. The Labute approximate surface area is 808 Å². The lowest BCUT2D eigenvalue weighted by Gasteiger charge is -2.39. The topological polar surface area (TPSA) is 296 Å².